The fraction of sp³-hybridized carbons (Fsp3) is 0.429. The number of hydrogen-bond acceptors (Lipinski definition) is 2. The van der Waals surface area contributed by atoms with Crippen LogP contribution in [0.4, 0.5) is 4.39 Å². The molecule has 19 heavy (non-hydrogen) atoms. The lowest BCUT2D eigenvalue weighted by atomic mass is 9.87. The first-order valence-corrected chi connectivity index (χ1v) is 6.08. The van der Waals surface area contributed by atoms with Crippen LogP contribution >= 0.6 is 0 Å². The van der Waals surface area contributed by atoms with Crippen molar-refractivity contribution in [2.45, 2.75) is 27.2 Å². The van der Waals surface area contributed by atoms with Crippen LogP contribution in [-0.2, 0) is 4.79 Å². The summed E-state index contributed by atoms with van der Waals surface area (Å²) >= 11 is 0. The van der Waals surface area contributed by atoms with Gasteiger partial charge in [-0.25, -0.2) is 4.39 Å². The van der Waals surface area contributed by atoms with Crippen molar-refractivity contribution in [3.63, 3.8) is 0 Å². The molecule has 1 unspecified atom stereocenters. The van der Waals surface area contributed by atoms with Gasteiger partial charge in [0.2, 0.25) is 0 Å². The van der Waals surface area contributed by atoms with Crippen LogP contribution in [0.25, 0.3) is 0 Å². The van der Waals surface area contributed by atoms with Crippen LogP contribution in [-0.4, -0.2) is 23.5 Å². The standard InChI is InChI=1S/C14H18FNO3/c1-4-14(3,13(18)19)8-16-12(17)10-7-9(2)5-6-11(10)15/h5-7H,4,8H2,1-3H3,(H,16,17)(H,18,19). The summed E-state index contributed by atoms with van der Waals surface area (Å²) in [7, 11) is 0. The van der Waals surface area contributed by atoms with Crippen molar-refractivity contribution in [2.75, 3.05) is 6.54 Å². The zero-order valence-electron chi connectivity index (χ0n) is 11.3. The smallest absolute Gasteiger partial charge is 0.311 e. The Balaban J connectivity index is 2.81. The van der Waals surface area contributed by atoms with Gasteiger partial charge in [0.1, 0.15) is 5.82 Å². The van der Waals surface area contributed by atoms with Gasteiger partial charge in [0.15, 0.2) is 0 Å². The summed E-state index contributed by atoms with van der Waals surface area (Å²) in [4.78, 5) is 23.0. The van der Waals surface area contributed by atoms with Crippen molar-refractivity contribution >= 4 is 11.9 Å². The van der Waals surface area contributed by atoms with E-state index in [1.807, 2.05) is 0 Å². The molecule has 0 fully saturated rings. The van der Waals surface area contributed by atoms with E-state index < -0.39 is 23.1 Å². The highest BCUT2D eigenvalue weighted by atomic mass is 19.1. The molecule has 0 aliphatic heterocycles. The van der Waals surface area contributed by atoms with Crippen LogP contribution in [0.3, 0.4) is 0 Å². The monoisotopic (exact) mass is 267 g/mol. The molecule has 104 valence electrons. The largest absolute Gasteiger partial charge is 0.481 e. The minimum Gasteiger partial charge on any atom is -0.481 e. The molecule has 1 rings (SSSR count). The molecule has 0 bridgehead atoms. The lowest BCUT2D eigenvalue weighted by molar-refractivity contribution is -0.147. The molecule has 0 saturated carbocycles. The molecular formula is C14H18FNO3. The number of carbonyl (C=O) groups is 2. The Morgan fingerprint density at radius 3 is 2.58 bits per heavy atom. The topological polar surface area (TPSA) is 66.4 Å². The fourth-order valence-electron chi connectivity index (χ4n) is 1.54. The van der Waals surface area contributed by atoms with Gasteiger partial charge in [-0.2, -0.15) is 0 Å². The Labute approximate surface area is 111 Å². The number of nitrogens with one attached hydrogen (secondary N) is 1. The van der Waals surface area contributed by atoms with E-state index in [0.717, 1.165) is 5.56 Å². The number of benzene rings is 1. The molecule has 1 aromatic rings. The zero-order valence-corrected chi connectivity index (χ0v) is 11.3. The van der Waals surface area contributed by atoms with Crippen LogP contribution < -0.4 is 5.32 Å². The van der Waals surface area contributed by atoms with Crippen molar-refractivity contribution in [3.05, 3.63) is 35.1 Å². The minimum atomic E-state index is -1.05. The third-order valence-electron chi connectivity index (χ3n) is 3.30. The average molecular weight is 267 g/mol. The maximum absolute atomic E-state index is 13.5. The fourth-order valence-corrected chi connectivity index (χ4v) is 1.54. The predicted octanol–water partition coefficient (Wildman–Crippen LogP) is 2.36. The Morgan fingerprint density at radius 1 is 1.42 bits per heavy atom. The highest BCUT2D eigenvalue weighted by molar-refractivity contribution is 5.95. The molecule has 4 nitrogen and oxygen atoms in total. The van der Waals surface area contributed by atoms with Crippen LogP contribution in [0.5, 0.6) is 0 Å². The molecule has 0 aliphatic rings. The van der Waals surface area contributed by atoms with Gasteiger partial charge in [0.05, 0.1) is 11.0 Å². The van der Waals surface area contributed by atoms with Crippen LogP contribution in [0.15, 0.2) is 18.2 Å². The van der Waals surface area contributed by atoms with Gasteiger partial charge in [-0.05, 0) is 32.4 Å². The number of rotatable bonds is 5. The van der Waals surface area contributed by atoms with Crippen molar-refractivity contribution in [1.29, 1.82) is 0 Å². The number of carbonyl (C=O) groups excluding carboxylic acids is 1. The normalized spacial score (nSPS) is 13.7. The summed E-state index contributed by atoms with van der Waals surface area (Å²) < 4.78 is 13.5. The van der Waals surface area contributed by atoms with Crippen molar-refractivity contribution in [2.24, 2.45) is 5.41 Å². The van der Waals surface area contributed by atoms with Gasteiger partial charge in [0.25, 0.3) is 5.91 Å². The average Bonchev–Trinajstić information content (AvgIpc) is 2.38. The molecule has 0 aliphatic carbocycles. The first-order chi connectivity index (χ1) is 8.80. The molecule has 0 spiro atoms. The van der Waals surface area contributed by atoms with E-state index in [4.69, 9.17) is 5.11 Å². The van der Waals surface area contributed by atoms with Gasteiger partial charge in [0, 0.05) is 6.54 Å². The molecule has 1 aromatic carbocycles. The highest BCUT2D eigenvalue weighted by Gasteiger charge is 2.31. The van der Waals surface area contributed by atoms with Crippen molar-refractivity contribution in [3.8, 4) is 0 Å². The molecular weight excluding hydrogens is 249 g/mol. The number of halogens is 1. The first-order valence-electron chi connectivity index (χ1n) is 6.08. The Bertz CT molecular complexity index is 501. The predicted molar refractivity (Wildman–Crippen MR) is 69.5 cm³/mol. The van der Waals surface area contributed by atoms with Crippen LogP contribution in [0, 0.1) is 18.2 Å². The van der Waals surface area contributed by atoms with Crippen molar-refractivity contribution < 1.29 is 19.1 Å². The number of aliphatic carboxylic acids is 1. The number of carboxylic acid groups (broad SMARTS) is 1. The summed E-state index contributed by atoms with van der Waals surface area (Å²) in [5.74, 6) is -2.20. The lowest BCUT2D eigenvalue weighted by Gasteiger charge is -2.23. The first kappa shape index (κ1) is 15.1. The Morgan fingerprint density at radius 2 is 2.05 bits per heavy atom. The van der Waals surface area contributed by atoms with Gasteiger partial charge in [-0.15, -0.1) is 0 Å². The lowest BCUT2D eigenvalue weighted by Crippen LogP contribution is -2.40. The van der Waals surface area contributed by atoms with Gasteiger partial charge in [-0.1, -0.05) is 18.6 Å². The summed E-state index contributed by atoms with van der Waals surface area (Å²) in [6.45, 7) is 4.99. The summed E-state index contributed by atoms with van der Waals surface area (Å²) in [5, 5.41) is 11.6. The Hall–Kier alpha value is -1.91. The van der Waals surface area contributed by atoms with Crippen molar-refractivity contribution in [1.82, 2.24) is 5.32 Å². The molecule has 1 atom stereocenters. The molecule has 0 radical (unpaired) electrons. The molecule has 1 amide bonds. The minimum absolute atomic E-state index is 0.0367. The van der Waals surface area contributed by atoms with Gasteiger partial charge in [-0.3, -0.25) is 9.59 Å². The summed E-state index contributed by atoms with van der Waals surface area (Å²) in [6, 6.07) is 4.23. The maximum atomic E-state index is 13.5. The van der Waals surface area contributed by atoms with Gasteiger partial charge >= 0.3 is 5.97 Å². The third-order valence-corrected chi connectivity index (χ3v) is 3.30. The second-order valence-corrected chi connectivity index (χ2v) is 4.89. The maximum Gasteiger partial charge on any atom is 0.311 e. The van der Waals surface area contributed by atoms with Crippen LogP contribution in [0.1, 0.15) is 36.2 Å². The highest BCUT2D eigenvalue weighted by Crippen LogP contribution is 2.20. The van der Waals surface area contributed by atoms with E-state index in [2.05, 4.69) is 5.32 Å². The third kappa shape index (κ3) is 3.53. The molecule has 0 aromatic heterocycles. The van der Waals surface area contributed by atoms with Crippen LogP contribution in [0.2, 0.25) is 0 Å². The zero-order chi connectivity index (χ0) is 14.6. The summed E-state index contributed by atoms with van der Waals surface area (Å²) in [5.41, 5.74) is -0.345. The van der Waals surface area contributed by atoms with E-state index in [1.165, 1.54) is 12.1 Å². The second kappa shape index (κ2) is 5.82. The summed E-state index contributed by atoms with van der Waals surface area (Å²) in [6.07, 6.45) is 0.374. The molecule has 0 heterocycles. The second-order valence-electron chi connectivity index (χ2n) is 4.89. The van der Waals surface area contributed by atoms with E-state index in [9.17, 15) is 14.0 Å². The SMILES string of the molecule is CCC(C)(CNC(=O)c1cc(C)ccc1F)C(=O)O. The molecule has 5 heteroatoms. The van der Waals surface area contributed by atoms with E-state index >= 15 is 0 Å². The number of hydrogen-bond donors (Lipinski definition) is 2. The number of amides is 1. The Kier molecular flexibility index (Phi) is 4.64. The van der Waals surface area contributed by atoms with Gasteiger partial charge < -0.3 is 10.4 Å². The van der Waals surface area contributed by atoms with E-state index in [1.54, 1.807) is 26.8 Å². The van der Waals surface area contributed by atoms with E-state index in [0.29, 0.717) is 6.42 Å². The quantitative estimate of drug-likeness (QED) is 0.860. The number of carboxylic acids is 1. The van der Waals surface area contributed by atoms with E-state index in [-0.39, 0.29) is 12.1 Å². The number of aryl methyl sites for hydroxylation is 1. The molecule has 2 N–H and O–H groups in total. The molecule has 0 saturated heterocycles.